The zero-order valence-corrected chi connectivity index (χ0v) is 14.5. The zero-order chi connectivity index (χ0) is 16.7. The second-order valence-electron chi connectivity index (χ2n) is 5.12. The summed E-state index contributed by atoms with van der Waals surface area (Å²) in [6.07, 6.45) is 1.78. The molecule has 122 valence electrons. The third-order valence-corrected chi connectivity index (χ3v) is 3.68. The number of nitrogens with one attached hydrogen (secondary N) is 2. The smallest absolute Gasteiger partial charge is 0.187 e. The first-order chi connectivity index (χ1) is 11.1. The van der Waals surface area contributed by atoms with Crippen molar-refractivity contribution < 1.29 is 4.74 Å². The Balaban J connectivity index is 2.04. The summed E-state index contributed by atoms with van der Waals surface area (Å²) in [5.41, 5.74) is 7.31. The molecule has 2 aromatic rings. The second kappa shape index (κ2) is 8.45. The van der Waals surface area contributed by atoms with Crippen LogP contribution in [0.5, 0.6) is 0 Å². The van der Waals surface area contributed by atoms with Gasteiger partial charge in [0.15, 0.2) is 5.11 Å². The van der Waals surface area contributed by atoms with E-state index in [0.717, 1.165) is 22.6 Å². The third kappa shape index (κ3) is 4.64. The van der Waals surface area contributed by atoms with Crippen LogP contribution in [0.25, 0.3) is 5.69 Å². The van der Waals surface area contributed by atoms with Gasteiger partial charge in [0.1, 0.15) is 0 Å². The minimum absolute atomic E-state index is 0.482. The molecule has 0 radical (unpaired) electrons. The van der Waals surface area contributed by atoms with E-state index in [-0.39, 0.29) is 0 Å². The number of methoxy groups -OCH3 is 1. The molecule has 1 heterocycles. The van der Waals surface area contributed by atoms with Crippen LogP contribution in [0.1, 0.15) is 17.0 Å². The number of aromatic nitrogens is 1. The van der Waals surface area contributed by atoms with E-state index in [1.54, 1.807) is 13.3 Å². The maximum Gasteiger partial charge on any atom is 0.187 e. The van der Waals surface area contributed by atoms with Crippen LogP contribution in [0.2, 0.25) is 0 Å². The van der Waals surface area contributed by atoms with Crippen molar-refractivity contribution in [2.75, 3.05) is 20.3 Å². The van der Waals surface area contributed by atoms with E-state index in [0.29, 0.717) is 18.3 Å². The number of hydrogen-bond donors (Lipinski definition) is 2. The number of hydrogen-bond acceptors (Lipinski definition) is 3. The van der Waals surface area contributed by atoms with Crippen LogP contribution in [-0.4, -0.2) is 36.2 Å². The van der Waals surface area contributed by atoms with Crippen LogP contribution in [0.3, 0.4) is 0 Å². The molecule has 0 saturated carbocycles. The number of aryl methyl sites for hydroxylation is 1. The normalized spacial score (nSPS) is 10.9. The molecular formula is C17H22N4OS. The van der Waals surface area contributed by atoms with Gasteiger partial charge in [0.2, 0.25) is 0 Å². The summed E-state index contributed by atoms with van der Waals surface area (Å²) >= 11 is 5.13. The molecule has 0 atom stereocenters. The quantitative estimate of drug-likeness (QED) is 0.370. The Morgan fingerprint density at radius 1 is 1.30 bits per heavy atom. The number of ether oxygens (including phenoxy) is 1. The number of thiocarbonyl (C=S) groups is 1. The van der Waals surface area contributed by atoms with Gasteiger partial charge in [-0.3, -0.25) is 5.43 Å². The predicted molar refractivity (Wildman–Crippen MR) is 98.4 cm³/mol. The van der Waals surface area contributed by atoms with E-state index in [1.165, 1.54) is 0 Å². The molecule has 0 unspecified atom stereocenters. The lowest BCUT2D eigenvalue weighted by Gasteiger charge is -2.09. The minimum atomic E-state index is 0.482. The zero-order valence-electron chi connectivity index (χ0n) is 13.7. The lowest BCUT2D eigenvalue weighted by Crippen LogP contribution is -2.34. The largest absolute Gasteiger partial charge is 0.383 e. The summed E-state index contributed by atoms with van der Waals surface area (Å²) in [7, 11) is 1.65. The highest BCUT2D eigenvalue weighted by Gasteiger charge is 2.08. The number of benzene rings is 1. The Morgan fingerprint density at radius 3 is 2.74 bits per heavy atom. The Morgan fingerprint density at radius 2 is 2.04 bits per heavy atom. The van der Waals surface area contributed by atoms with E-state index in [2.05, 4.69) is 52.5 Å². The van der Waals surface area contributed by atoms with Crippen LogP contribution in [0, 0.1) is 13.8 Å². The summed E-state index contributed by atoms with van der Waals surface area (Å²) in [5, 5.41) is 7.68. The summed E-state index contributed by atoms with van der Waals surface area (Å²) < 4.78 is 7.15. The summed E-state index contributed by atoms with van der Waals surface area (Å²) in [6, 6.07) is 12.4. The highest BCUT2D eigenvalue weighted by Crippen LogP contribution is 2.19. The van der Waals surface area contributed by atoms with Crippen molar-refractivity contribution in [3.05, 3.63) is 53.3 Å². The molecule has 23 heavy (non-hydrogen) atoms. The average Bonchev–Trinajstić information content (AvgIpc) is 2.83. The first-order valence-electron chi connectivity index (χ1n) is 7.43. The molecule has 5 nitrogen and oxygen atoms in total. The van der Waals surface area contributed by atoms with Crippen LogP contribution in [0.15, 0.2) is 41.5 Å². The predicted octanol–water partition coefficient (Wildman–Crippen LogP) is 2.54. The van der Waals surface area contributed by atoms with Crippen molar-refractivity contribution in [1.29, 1.82) is 0 Å². The Hall–Kier alpha value is -2.18. The van der Waals surface area contributed by atoms with Gasteiger partial charge >= 0.3 is 0 Å². The molecular weight excluding hydrogens is 308 g/mol. The van der Waals surface area contributed by atoms with Gasteiger partial charge in [0.05, 0.1) is 12.8 Å². The molecule has 1 aromatic carbocycles. The number of hydrazone groups is 1. The minimum Gasteiger partial charge on any atom is -0.383 e. The fraction of sp³-hybridized carbons (Fsp3) is 0.294. The first kappa shape index (κ1) is 17.2. The number of nitrogens with zero attached hydrogens (tertiary/aromatic N) is 2. The molecule has 0 aliphatic carbocycles. The molecule has 0 spiro atoms. The second-order valence-corrected chi connectivity index (χ2v) is 5.52. The van der Waals surface area contributed by atoms with Crippen LogP contribution in [0.4, 0.5) is 0 Å². The molecule has 6 heteroatoms. The molecule has 2 rings (SSSR count). The van der Waals surface area contributed by atoms with Gasteiger partial charge < -0.3 is 14.6 Å². The Kier molecular flexibility index (Phi) is 6.31. The van der Waals surface area contributed by atoms with Crippen LogP contribution in [-0.2, 0) is 4.74 Å². The van der Waals surface area contributed by atoms with E-state index in [9.17, 15) is 0 Å². The van der Waals surface area contributed by atoms with E-state index in [4.69, 9.17) is 17.0 Å². The van der Waals surface area contributed by atoms with E-state index < -0.39 is 0 Å². The summed E-state index contributed by atoms with van der Waals surface area (Å²) in [5.74, 6) is 0. The molecule has 2 N–H and O–H groups in total. The van der Waals surface area contributed by atoms with Gasteiger partial charge in [-0.1, -0.05) is 18.2 Å². The van der Waals surface area contributed by atoms with Gasteiger partial charge in [-0.25, -0.2) is 0 Å². The highest BCUT2D eigenvalue weighted by atomic mass is 32.1. The van der Waals surface area contributed by atoms with Crippen molar-refractivity contribution in [2.45, 2.75) is 13.8 Å². The van der Waals surface area contributed by atoms with Gasteiger partial charge in [-0.05, 0) is 44.3 Å². The molecule has 0 aliphatic rings. The molecule has 0 saturated heterocycles. The number of rotatable bonds is 6. The van der Waals surface area contributed by atoms with Crippen molar-refractivity contribution in [2.24, 2.45) is 5.10 Å². The lowest BCUT2D eigenvalue weighted by molar-refractivity contribution is 0.204. The maximum absolute atomic E-state index is 5.13. The Bertz CT molecular complexity index is 679. The molecule has 0 fully saturated rings. The molecule has 1 aromatic heterocycles. The van der Waals surface area contributed by atoms with Crippen molar-refractivity contribution in [3.8, 4) is 5.69 Å². The standard InChI is InChI=1S/C17H22N4OS/c1-13-11-15(12-19-20-17(23)18-9-10-22-3)14(2)21(13)16-7-5-4-6-8-16/h4-8,11-12H,9-10H2,1-3H3,(H2,18,20,23)/b19-12-. The van der Waals surface area contributed by atoms with Crippen LogP contribution < -0.4 is 10.7 Å². The topological polar surface area (TPSA) is 50.6 Å². The van der Waals surface area contributed by atoms with Crippen LogP contribution >= 0.6 is 12.2 Å². The van der Waals surface area contributed by atoms with Gasteiger partial charge in [-0.15, -0.1) is 0 Å². The average molecular weight is 330 g/mol. The van der Waals surface area contributed by atoms with Gasteiger partial charge in [0.25, 0.3) is 0 Å². The SMILES string of the molecule is COCCNC(=S)N/N=C\c1cc(C)n(-c2ccccc2)c1C. The van der Waals surface area contributed by atoms with Gasteiger partial charge in [0, 0.05) is 36.3 Å². The highest BCUT2D eigenvalue weighted by molar-refractivity contribution is 7.80. The molecule has 0 amide bonds. The Labute approximate surface area is 142 Å². The van der Waals surface area contributed by atoms with Crippen molar-refractivity contribution in [3.63, 3.8) is 0 Å². The van der Waals surface area contributed by atoms with Gasteiger partial charge in [-0.2, -0.15) is 5.10 Å². The maximum atomic E-state index is 5.13. The summed E-state index contributed by atoms with van der Waals surface area (Å²) in [6.45, 7) is 5.42. The summed E-state index contributed by atoms with van der Waals surface area (Å²) in [4.78, 5) is 0. The van der Waals surface area contributed by atoms with Crippen molar-refractivity contribution >= 4 is 23.5 Å². The molecule has 0 aliphatic heterocycles. The number of para-hydroxylation sites is 1. The van der Waals surface area contributed by atoms with E-state index in [1.807, 2.05) is 18.2 Å². The fourth-order valence-electron chi connectivity index (χ4n) is 2.36. The first-order valence-corrected chi connectivity index (χ1v) is 7.84. The fourth-order valence-corrected chi connectivity index (χ4v) is 2.51. The lowest BCUT2D eigenvalue weighted by atomic mass is 10.2. The van der Waals surface area contributed by atoms with Crippen molar-refractivity contribution in [1.82, 2.24) is 15.3 Å². The third-order valence-electron chi connectivity index (χ3n) is 3.45. The monoisotopic (exact) mass is 330 g/mol. The molecule has 0 bridgehead atoms. The van der Waals surface area contributed by atoms with E-state index >= 15 is 0 Å².